The van der Waals surface area contributed by atoms with Gasteiger partial charge in [-0.1, -0.05) is 51.7 Å². The number of hydrogen-bond donors (Lipinski definition) is 0. The summed E-state index contributed by atoms with van der Waals surface area (Å²) in [5.41, 5.74) is 2.29. The second-order valence-electron chi connectivity index (χ2n) is 11.2. The van der Waals surface area contributed by atoms with Gasteiger partial charge in [0.15, 0.2) is 0 Å². The molecule has 29 heavy (non-hydrogen) atoms. The van der Waals surface area contributed by atoms with Crippen LogP contribution in [0.5, 0.6) is 0 Å². The van der Waals surface area contributed by atoms with Crippen LogP contribution >= 0.6 is 23.5 Å². The highest BCUT2D eigenvalue weighted by atomic mass is 32.2. The first-order valence-electron chi connectivity index (χ1n) is 12.5. The van der Waals surface area contributed by atoms with Crippen LogP contribution in [0.2, 0.25) is 0 Å². The van der Waals surface area contributed by atoms with Gasteiger partial charge in [-0.15, -0.1) is 23.5 Å². The van der Waals surface area contributed by atoms with Crippen LogP contribution < -0.4 is 0 Å². The fourth-order valence-electron chi connectivity index (χ4n) is 8.28. The van der Waals surface area contributed by atoms with Gasteiger partial charge in [-0.25, -0.2) is 0 Å². The van der Waals surface area contributed by atoms with E-state index >= 15 is 0 Å². The molecule has 1 saturated heterocycles. The van der Waals surface area contributed by atoms with E-state index in [9.17, 15) is 4.79 Å². The summed E-state index contributed by atoms with van der Waals surface area (Å²) < 4.78 is 0.400. The molecule has 3 heteroatoms. The fraction of sp³-hybridized carbons (Fsp3) is 0.885. The Labute approximate surface area is 187 Å². The molecule has 1 aliphatic heterocycles. The second-order valence-corrected chi connectivity index (χ2v) is 14.4. The Bertz CT molecular complexity index is 693. The van der Waals surface area contributed by atoms with Gasteiger partial charge >= 0.3 is 0 Å². The molecule has 1 spiro atoms. The number of carbonyl (C=O) groups is 1. The third-order valence-corrected chi connectivity index (χ3v) is 13.3. The summed E-state index contributed by atoms with van der Waals surface area (Å²) in [4.78, 5) is 12.8. The number of carbonyl (C=O) groups excluding carboxylic acids is 1. The number of unbranched alkanes of at least 4 members (excludes halogenated alkanes) is 2. The fourth-order valence-corrected chi connectivity index (χ4v) is 11.4. The Morgan fingerprint density at radius 3 is 2.52 bits per heavy atom. The molecule has 1 nitrogen and oxygen atoms in total. The van der Waals surface area contributed by atoms with Crippen molar-refractivity contribution < 1.29 is 4.79 Å². The second kappa shape index (κ2) is 7.61. The predicted molar refractivity (Wildman–Crippen MR) is 127 cm³/mol. The van der Waals surface area contributed by atoms with Crippen molar-refractivity contribution in [1.82, 2.24) is 0 Å². The van der Waals surface area contributed by atoms with E-state index in [1.165, 1.54) is 69.3 Å². The summed E-state index contributed by atoms with van der Waals surface area (Å²) >= 11 is 4.47. The smallest absolute Gasteiger partial charge is 0.139 e. The van der Waals surface area contributed by atoms with Gasteiger partial charge in [-0.3, -0.25) is 4.79 Å². The minimum atomic E-state index is 0.0136. The number of ketones is 1. The lowest BCUT2D eigenvalue weighted by Crippen LogP contribution is -2.53. The number of hydrogen-bond acceptors (Lipinski definition) is 3. The lowest BCUT2D eigenvalue weighted by atomic mass is 9.45. The van der Waals surface area contributed by atoms with Crippen LogP contribution in [0.3, 0.4) is 0 Å². The number of fused-ring (bicyclic) bond motifs is 5. The van der Waals surface area contributed by atoms with Crippen LogP contribution in [0.25, 0.3) is 0 Å². The average Bonchev–Trinajstić information content (AvgIpc) is 3.28. The van der Waals surface area contributed by atoms with E-state index < -0.39 is 0 Å². The molecule has 0 aromatic heterocycles. The van der Waals surface area contributed by atoms with Gasteiger partial charge in [-0.2, -0.15) is 0 Å². The summed E-state index contributed by atoms with van der Waals surface area (Å²) in [5, 5.41) is 0. The topological polar surface area (TPSA) is 17.1 Å². The van der Waals surface area contributed by atoms with Crippen molar-refractivity contribution >= 4 is 29.3 Å². The zero-order valence-electron chi connectivity index (χ0n) is 18.8. The van der Waals surface area contributed by atoms with Crippen LogP contribution in [0.1, 0.15) is 91.4 Å². The first-order valence-corrected chi connectivity index (χ1v) is 14.4. The van der Waals surface area contributed by atoms with Gasteiger partial charge in [0.2, 0.25) is 0 Å². The van der Waals surface area contributed by atoms with Crippen LogP contribution in [0.15, 0.2) is 11.6 Å². The van der Waals surface area contributed by atoms with Crippen molar-refractivity contribution in [2.24, 2.45) is 34.5 Å². The zero-order valence-corrected chi connectivity index (χ0v) is 20.4. The quantitative estimate of drug-likeness (QED) is 0.338. The third-order valence-electron chi connectivity index (χ3n) is 9.92. The Morgan fingerprint density at radius 1 is 1.00 bits per heavy atom. The van der Waals surface area contributed by atoms with Crippen molar-refractivity contribution in [1.29, 1.82) is 0 Å². The molecular formula is C26H40OS2. The van der Waals surface area contributed by atoms with Gasteiger partial charge in [0.05, 0.1) is 4.08 Å². The maximum Gasteiger partial charge on any atom is 0.139 e. The molecule has 1 heterocycles. The van der Waals surface area contributed by atoms with Crippen LogP contribution in [-0.2, 0) is 4.79 Å². The van der Waals surface area contributed by atoms with Crippen molar-refractivity contribution in [2.45, 2.75) is 95.5 Å². The third kappa shape index (κ3) is 3.22. The number of thioether (sulfide) groups is 2. The molecule has 5 rings (SSSR count). The van der Waals surface area contributed by atoms with Crippen molar-refractivity contribution in [3.63, 3.8) is 0 Å². The first kappa shape index (κ1) is 21.0. The van der Waals surface area contributed by atoms with E-state index in [-0.39, 0.29) is 5.41 Å². The Hall–Kier alpha value is 0.110. The molecule has 0 aromatic rings. The van der Waals surface area contributed by atoms with E-state index in [1.54, 1.807) is 0 Å². The maximum absolute atomic E-state index is 12.8. The molecule has 162 valence electrons. The minimum absolute atomic E-state index is 0.0136. The van der Waals surface area contributed by atoms with Crippen LogP contribution in [0.4, 0.5) is 0 Å². The summed E-state index contributed by atoms with van der Waals surface area (Å²) in [6.07, 6.45) is 16.9. The van der Waals surface area contributed by atoms with Gasteiger partial charge in [0.1, 0.15) is 5.78 Å². The Kier molecular flexibility index (Phi) is 5.50. The molecule has 5 aliphatic rings. The number of allylic oxidation sites excluding steroid dienone is 1. The molecule has 0 unspecified atom stereocenters. The molecular weight excluding hydrogens is 392 g/mol. The van der Waals surface area contributed by atoms with Crippen LogP contribution in [0, 0.1) is 34.5 Å². The van der Waals surface area contributed by atoms with E-state index in [4.69, 9.17) is 0 Å². The van der Waals surface area contributed by atoms with Crippen molar-refractivity contribution in [3.8, 4) is 0 Å². The SMILES string of the molecule is CCCCC[C@H]1C[C@@H]2[C@H](CC[C@]3(C)C(=O)CC[C@@H]23)[C@@]2(C)CCC3(C=C12)SCCS3. The monoisotopic (exact) mass is 432 g/mol. The summed E-state index contributed by atoms with van der Waals surface area (Å²) in [5.74, 6) is 6.34. The van der Waals surface area contributed by atoms with Crippen molar-refractivity contribution in [3.05, 3.63) is 11.6 Å². The molecule has 0 bridgehead atoms. The van der Waals surface area contributed by atoms with Crippen LogP contribution in [-0.4, -0.2) is 21.4 Å². The summed E-state index contributed by atoms with van der Waals surface area (Å²) in [6, 6.07) is 0. The minimum Gasteiger partial charge on any atom is -0.299 e. The molecule has 0 aromatic carbocycles. The van der Waals surface area contributed by atoms with E-state index in [0.717, 1.165) is 30.6 Å². The zero-order chi connectivity index (χ0) is 20.3. The first-order chi connectivity index (χ1) is 13.9. The average molecular weight is 433 g/mol. The van der Waals surface area contributed by atoms with Gasteiger partial charge in [-0.05, 0) is 74.0 Å². The highest BCUT2D eigenvalue weighted by Gasteiger charge is 2.61. The Balaban J connectivity index is 1.50. The van der Waals surface area contributed by atoms with E-state index in [0.29, 0.717) is 21.2 Å². The van der Waals surface area contributed by atoms with Gasteiger partial charge < -0.3 is 0 Å². The van der Waals surface area contributed by atoms with Gasteiger partial charge in [0.25, 0.3) is 0 Å². The highest BCUT2D eigenvalue weighted by Crippen LogP contribution is 2.68. The lowest BCUT2D eigenvalue weighted by molar-refractivity contribution is -0.133. The summed E-state index contributed by atoms with van der Waals surface area (Å²) in [7, 11) is 0. The standard InChI is InChI=1S/C26H40OS2/c1-4-5-6-7-18-16-19-20-8-9-23(27)25(20,3)11-10-21(19)24(2)12-13-26(17-22(18)24)28-14-15-29-26/h17-21H,4-16H2,1-3H3/t18-,19-,20-,21-,24+,25-/m0/s1. The highest BCUT2D eigenvalue weighted by molar-refractivity contribution is 8.21. The summed E-state index contributed by atoms with van der Waals surface area (Å²) in [6.45, 7) is 7.32. The molecule has 0 N–H and O–H groups in total. The molecule has 6 atom stereocenters. The predicted octanol–water partition coefficient (Wildman–Crippen LogP) is 7.50. The molecule has 0 radical (unpaired) electrons. The number of rotatable bonds is 4. The molecule has 4 fully saturated rings. The Morgan fingerprint density at radius 2 is 1.76 bits per heavy atom. The molecule has 4 aliphatic carbocycles. The van der Waals surface area contributed by atoms with Gasteiger partial charge in [0, 0.05) is 23.3 Å². The van der Waals surface area contributed by atoms with E-state index in [1.807, 2.05) is 5.57 Å². The lowest BCUT2D eigenvalue weighted by Gasteiger charge is -2.60. The number of Topliss-reactive ketones (excluding diaryl/α,β-unsaturated/α-hetero) is 1. The van der Waals surface area contributed by atoms with E-state index in [2.05, 4.69) is 50.4 Å². The molecule has 0 amide bonds. The van der Waals surface area contributed by atoms with Crippen molar-refractivity contribution in [2.75, 3.05) is 11.5 Å². The normalized spacial score (nSPS) is 45.6. The maximum atomic E-state index is 12.8. The largest absolute Gasteiger partial charge is 0.299 e. The molecule has 3 saturated carbocycles.